The first-order valence-electron chi connectivity index (χ1n) is 11.6. The monoisotopic (exact) mass is 412 g/mol. The molecule has 1 aliphatic heterocycles. The lowest BCUT2D eigenvalue weighted by Crippen LogP contribution is -3.16. The van der Waals surface area contributed by atoms with Crippen LogP contribution in [0.3, 0.4) is 0 Å². The van der Waals surface area contributed by atoms with Gasteiger partial charge >= 0.3 is 0 Å². The van der Waals surface area contributed by atoms with Crippen molar-refractivity contribution in [3.8, 4) is 5.75 Å². The van der Waals surface area contributed by atoms with E-state index < -0.39 is 0 Å². The lowest BCUT2D eigenvalue weighted by atomic mass is 9.52. The summed E-state index contributed by atoms with van der Waals surface area (Å²) in [6, 6.07) is 8.13. The first-order valence-corrected chi connectivity index (χ1v) is 11.6. The molecule has 4 bridgehead atoms. The van der Waals surface area contributed by atoms with Gasteiger partial charge in [0.15, 0.2) is 13.1 Å². The van der Waals surface area contributed by atoms with Crippen molar-refractivity contribution in [3.63, 3.8) is 0 Å². The van der Waals surface area contributed by atoms with Gasteiger partial charge in [-0.05, 0) is 74.0 Å². The van der Waals surface area contributed by atoms with E-state index in [0.717, 1.165) is 59.8 Å². The minimum absolute atomic E-state index is 0.00634. The van der Waals surface area contributed by atoms with Crippen LogP contribution in [0.4, 0.5) is 0 Å². The highest BCUT2D eigenvalue weighted by atomic mass is 16.5. The third-order valence-corrected chi connectivity index (χ3v) is 7.97. The molecule has 1 saturated heterocycles. The first kappa shape index (κ1) is 19.9. The van der Waals surface area contributed by atoms with E-state index in [4.69, 9.17) is 4.74 Å². The summed E-state index contributed by atoms with van der Waals surface area (Å²) >= 11 is 0. The largest absolute Gasteiger partial charge is 0.497 e. The molecule has 0 spiro atoms. The Labute approximate surface area is 178 Å². The van der Waals surface area contributed by atoms with Gasteiger partial charge in [-0.2, -0.15) is 0 Å². The Morgan fingerprint density at radius 3 is 2.53 bits per heavy atom. The van der Waals surface area contributed by atoms with Crippen LogP contribution in [0.25, 0.3) is 0 Å². The standard InChI is InChI=1S/C24H33N3O3/c1-30-21-4-2-3-17(10-21)14-27(23(29)16-26-6-5-25-22(28)15-26)24-11-18-7-19(12-24)9-20(8-18)13-24/h2-4,10,18-20H,5-9,11-16H2,1H3,(H,25,28)/p+1. The van der Waals surface area contributed by atoms with Crippen LogP contribution in [0.5, 0.6) is 5.75 Å². The molecule has 6 heteroatoms. The summed E-state index contributed by atoms with van der Waals surface area (Å²) in [5.74, 6) is 3.45. The molecule has 0 aromatic heterocycles. The number of benzene rings is 1. The van der Waals surface area contributed by atoms with Gasteiger partial charge in [-0.25, -0.2) is 0 Å². The number of ether oxygens (including phenoxy) is 1. The molecular weight excluding hydrogens is 378 g/mol. The second kappa shape index (κ2) is 7.88. The van der Waals surface area contributed by atoms with Crippen LogP contribution in [0.2, 0.25) is 0 Å². The minimum atomic E-state index is 0.00634. The summed E-state index contributed by atoms with van der Waals surface area (Å²) in [5, 5.41) is 2.88. The number of methoxy groups -OCH3 is 1. The molecule has 5 fully saturated rings. The Hall–Kier alpha value is -2.08. The molecule has 2 N–H and O–H groups in total. The summed E-state index contributed by atoms with van der Waals surface area (Å²) in [4.78, 5) is 28.9. The summed E-state index contributed by atoms with van der Waals surface area (Å²) in [5.41, 5.74) is 1.14. The van der Waals surface area contributed by atoms with E-state index in [0.29, 0.717) is 26.2 Å². The highest BCUT2D eigenvalue weighted by Gasteiger charge is 2.54. The van der Waals surface area contributed by atoms with Gasteiger partial charge in [0, 0.05) is 12.1 Å². The molecule has 30 heavy (non-hydrogen) atoms. The summed E-state index contributed by atoms with van der Waals surface area (Å²) in [7, 11) is 1.69. The lowest BCUT2D eigenvalue weighted by molar-refractivity contribution is -0.885. The number of piperazine rings is 1. The molecule has 1 unspecified atom stereocenters. The maximum atomic E-state index is 13.7. The molecular formula is C24H34N3O3+. The zero-order valence-corrected chi connectivity index (χ0v) is 18.0. The molecule has 162 valence electrons. The van der Waals surface area contributed by atoms with Crippen molar-refractivity contribution >= 4 is 11.8 Å². The topological polar surface area (TPSA) is 63.1 Å². The number of carbonyl (C=O) groups is 2. The van der Waals surface area contributed by atoms with E-state index in [1.807, 2.05) is 12.1 Å². The highest BCUT2D eigenvalue weighted by molar-refractivity contribution is 5.80. The summed E-state index contributed by atoms with van der Waals surface area (Å²) < 4.78 is 5.43. The third kappa shape index (κ3) is 3.82. The molecule has 0 radical (unpaired) electrons. The number of carbonyl (C=O) groups excluding carboxylic acids is 2. The van der Waals surface area contributed by atoms with Crippen molar-refractivity contribution in [3.05, 3.63) is 29.8 Å². The fourth-order valence-electron chi connectivity index (χ4n) is 7.09. The summed E-state index contributed by atoms with van der Waals surface area (Å²) in [6.07, 6.45) is 7.55. The SMILES string of the molecule is COc1cccc(CN(C(=O)C[NH+]2CCNC(=O)C2)C23CC4CC(CC(C4)C2)C3)c1. The van der Waals surface area contributed by atoms with Crippen molar-refractivity contribution in [2.45, 2.75) is 50.6 Å². The second-order valence-electron chi connectivity index (χ2n) is 10.2. The van der Waals surface area contributed by atoms with Gasteiger partial charge in [-0.15, -0.1) is 0 Å². The maximum Gasteiger partial charge on any atom is 0.278 e. The quantitative estimate of drug-likeness (QED) is 0.733. The Morgan fingerprint density at radius 2 is 1.90 bits per heavy atom. The number of quaternary nitrogens is 1. The Kier molecular flexibility index (Phi) is 5.21. The van der Waals surface area contributed by atoms with E-state index >= 15 is 0 Å². The highest BCUT2D eigenvalue weighted by Crippen LogP contribution is 2.58. The molecule has 6 nitrogen and oxygen atoms in total. The molecule has 2 amide bonds. The molecule has 1 heterocycles. The predicted octanol–water partition coefficient (Wildman–Crippen LogP) is 1.01. The van der Waals surface area contributed by atoms with Gasteiger partial charge in [0.05, 0.1) is 20.2 Å². The minimum Gasteiger partial charge on any atom is -0.497 e. The molecule has 5 aliphatic rings. The van der Waals surface area contributed by atoms with Crippen LogP contribution in [0.15, 0.2) is 24.3 Å². The number of hydrogen-bond acceptors (Lipinski definition) is 3. The number of rotatable bonds is 6. The molecule has 1 aromatic rings. The summed E-state index contributed by atoms with van der Waals surface area (Å²) in [6.45, 7) is 2.94. The first-order chi connectivity index (χ1) is 14.5. The van der Waals surface area contributed by atoms with Crippen LogP contribution >= 0.6 is 0 Å². The fraction of sp³-hybridized carbons (Fsp3) is 0.667. The van der Waals surface area contributed by atoms with Crippen molar-refractivity contribution in [2.75, 3.05) is 33.3 Å². The van der Waals surface area contributed by atoms with Crippen molar-refractivity contribution in [2.24, 2.45) is 17.8 Å². The number of nitrogens with zero attached hydrogens (tertiary/aromatic N) is 1. The fourth-order valence-corrected chi connectivity index (χ4v) is 7.09. The van der Waals surface area contributed by atoms with Gasteiger partial charge in [-0.3, -0.25) is 9.59 Å². The molecule has 6 rings (SSSR count). The van der Waals surface area contributed by atoms with E-state index in [2.05, 4.69) is 22.3 Å². The van der Waals surface area contributed by atoms with Gasteiger partial charge in [-0.1, -0.05) is 12.1 Å². The average molecular weight is 413 g/mol. The van der Waals surface area contributed by atoms with Gasteiger partial charge in [0.25, 0.3) is 11.8 Å². The average Bonchev–Trinajstić information content (AvgIpc) is 2.71. The molecule has 4 saturated carbocycles. The Balaban J connectivity index is 1.41. The number of amides is 2. The zero-order chi connectivity index (χ0) is 20.7. The lowest BCUT2D eigenvalue weighted by Gasteiger charge is -2.60. The van der Waals surface area contributed by atoms with Crippen LogP contribution in [-0.4, -0.2) is 55.5 Å². The van der Waals surface area contributed by atoms with Gasteiger partial charge in [0.2, 0.25) is 0 Å². The van der Waals surface area contributed by atoms with Gasteiger partial charge in [0.1, 0.15) is 5.75 Å². The van der Waals surface area contributed by atoms with E-state index in [1.165, 1.54) is 19.3 Å². The normalized spacial score (nSPS) is 34.5. The smallest absolute Gasteiger partial charge is 0.278 e. The van der Waals surface area contributed by atoms with E-state index in [1.54, 1.807) is 7.11 Å². The van der Waals surface area contributed by atoms with Crippen LogP contribution in [0, 0.1) is 17.8 Å². The maximum absolute atomic E-state index is 13.7. The number of hydrogen-bond donors (Lipinski definition) is 2. The molecule has 1 atom stereocenters. The van der Waals surface area contributed by atoms with Crippen molar-refractivity contribution in [1.82, 2.24) is 10.2 Å². The predicted molar refractivity (Wildman–Crippen MR) is 113 cm³/mol. The van der Waals surface area contributed by atoms with Crippen molar-refractivity contribution in [1.29, 1.82) is 0 Å². The molecule has 4 aliphatic carbocycles. The van der Waals surface area contributed by atoms with E-state index in [-0.39, 0.29) is 17.4 Å². The Bertz CT molecular complexity index is 788. The van der Waals surface area contributed by atoms with E-state index in [9.17, 15) is 9.59 Å². The van der Waals surface area contributed by atoms with Crippen LogP contribution in [-0.2, 0) is 16.1 Å². The van der Waals surface area contributed by atoms with Crippen LogP contribution in [0.1, 0.15) is 44.1 Å². The van der Waals surface area contributed by atoms with Gasteiger partial charge < -0.3 is 19.9 Å². The Morgan fingerprint density at radius 1 is 1.20 bits per heavy atom. The number of nitrogens with one attached hydrogen (secondary N) is 2. The van der Waals surface area contributed by atoms with Crippen LogP contribution < -0.4 is 15.0 Å². The molecule has 1 aromatic carbocycles. The third-order valence-electron chi connectivity index (χ3n) is 7.97. The zero-order valence-electron chi connectivity index (χ0n) is 18.0. The van der Waals surface area contributed by atoms with Crippen molar-refractivity contribution < 1.29 is 19.2 Å². The second-order valence-corrected chi connectivity index (χ2v) is 10.2.